The maximum atomic E-state index is 5.16. The molecule has 3 aliphatic rings. The van der Waals surface area contributed by atoms with Gasteiger partial charge in [-0.05, 0) is 126 Å². The van der Waals surface area contributed by atoms with E-state index in [1.165, 1.54) is 66.8 Å². The molecule has 0 aliphatic heterocycles. The van der Waals surface area contributed by atoms with Crippen molar-refractivity contribution in [3.63, 3.8) is 0 Å². The molecule has 288 valence electrons. The van der Waals surface area contributed by atoms with E-state index in [0.717, 1.165) is 40.1 Å². The highest BCUT2D eigenvalue weighted by atomic mass is 14.9. The summed E-state index contributed by atoms with van der Waals surface area (Å²) in [4.78, 5) is 10.3. The van der Waals surface area contributed by atoms with Gasteiger partial charge in [0.05, 0.1) is 11.4 Å². The van der Waals surface area contributed by atoms with Crippen molar-refractivity contribution in [3.05, 3.63) is 210 Å². The van der Waals surface area contributed by atoms with Crippen LogP contribution in [0.2, 0.25) is 0 Å². The second kappa shape index (κ2) is 13.9. The van der Waals surface area contributed by atoms with Gasteiger partial charge in [-0.2, -0.15) is 0 Å². The molecule has 0 spiro atoms. The zero-order valence-electron chi connectivity index (χ0n) is 34.6. The lowest BCUT2D eigenvalue weighted by Gasteiger charge is -2.29. The Morgan fingerprint density at radius 2 is 0.933 bits per heavy atom. The van der Waals surface area contributed by atoms with E-state index in [-0.39, 0.29) is 10.8 Å². The van der Waals surface area contributed by atoms with Crippen LogP contribution >= 0.6 is 0 Å². The van der Waals surface area contributed by atoms with Gasteiger partial charge < -0.3 is 0 Å². The zero-order valence-corrected chi connectivity index (χ0v) is 34.6. The molecular formula is C58H46N2. The summed E-state index contributed by atoms with van der Waals surface area (Å²) in [6.45, 7) is 9.69. The summed E-state index contributed by atoms with van der Waals surface area (Å²) >= 11 is 0. The maximum absolute atomic E-state index is 5.16. The lowest BCUT2D eigenvalue weighted by molar-refractivity contribution is 0.415. The SMILES string of the molecule is CC1(C)c2cc(-c3cccc(-c4cccc(-c5cc(-c6ccc(-c7ccccc7)cc6)nc(-c6ccccc6)n5)c4)c3)ccc2-c2cc3c(cc21)C1=CC=CCC1C3(C)C. The number of hydrogen-bond acceptors (Lipinski definition) is 2. The molecule has 0 bridgehead atoms. The van der Waals surface area contributed by atoms with Gasteiger partial charge in [-0.25, -0.2) is 9.97 Å². The van der Waals surface area contributed by atoms with Crippen molar-refractivity contribution in [1.29, 1.82) is 0 Å². The van der Waals surface area contributed by atoms with Crippen LogP contribution < -0.4 is 0 Å². The summed E-state index contributed by atoms with van der Waals surface area (Å²) in [5.41, 5.74) is 22.1. The number of nitrogens with zero attached hydrogens (tertiary/aromatic N) is 2. The largest absolute Gasteiger partial charge is 0.228 e. The van der Waals surface area contributed by atoms with Gasteiger partial charge in [0.1, 0.15) is 0 Å². The van der Waals surface area contributed by atoms with Crippen molar-refractivity contribution >= 4 is 5.57 Å². The monoisotopic (exact) mass is 770 g/mol. The molecule has 60 heavy (non-hydrogen) atoms. The lowest BCUT2D eigenvalue weighted by atomic mass is 9.74. The van der Waals surface area contributed by atoms with Crippen LogP contribution in [0.3, 0.4) is 0 Å². The fourth-order valence-corrected chi connectivity index (χ4v) is 10.2. The van der Waals surface area contributed by atoms with E-state index < -0.39 is 0 Å². The third-order valence-corrected chi connectivity index (χ3v) is 13.6. The van der Waals surface area contributed by atoms with Gasteiger partial charge in [-0.3, -0.25) is 0 Å². The molecular weight excluding hydrogens is 725 g/mol. The Labute approximate surface area is 353 Å². The Kier molecular flexibility index (Phi) is 8.36. The van der Waals surface area contributed by atoms with Crippen molar-refractivity contribution in [1.82, 2.24) is 9.97 Å². The molecule has 7 aromatic carbocycles. The van der Waals surface area contributed by atoms with E-state index >= 15 is 0 Å². The van der Waals surface area contributed by atoms with Gasteiger partial charge >= 0.3 is 0 Å². The summed E-state index contributed by atoms with van der Waals surface area (Å²) in [6.07, 6.45) is 8.07. The van der Waals surface area contributed by atoms with Gasteiger partial charge in [0.2, 0.25) is 0 Å². The Morgan fingerprint density at radius 1 is 0.417 bits per heavy atom. The number of hydrogen-bond donors (Lipinski definition) is 0. The van der Waals surface area contributed by atoms with Gasteiger partial charge in [-0.1, -0.05) is 179 Å². The zero-order chi connectivity index (χ0) is 40.6. The molecule has 0 saturated heterocycles. The molecule has 1 aromatic heterocycles. The molecule has 3 aliphatic carbocycles. The molecule has 1 heterocycles. The van der Waals surface area contributed by atoms with Crippen LogP contribution in [0.15, 0.2) is 188 Å². The van der Waals surface area contributed by atoms with E-state index in [1.807, 2.05) is 18.2 Å². The molecule has 0 saturated carbocycles. The highest BCUT2D eigenvalue weighted by Gasteiger charge is 2.45. The summed E-state index contributed by atoms with van der Waals surface area (Å²) in [5, 5.41) is 0. The van der Waals surface area contributed by atoms with E-state index in [1.54, 1.807) is 0 Å². The first-order chi connectivity index (χ1) is 29.2. The predicted octanol–water partition coefficient (Wildman–Crippen LogP) is 15.0. The molecule has 11 rings (SSSR count). The summed E-state index contributed by atoms with van der Waals surface area (Å²) in [5.74, 6) is 1.26. The molecule has 2 heteroatoms. The third kappa shape index (κ3) is 5.93. The van der Waals surface area contributed by atoms with Gasteiger partial charge in [-0.15, -0.1) is 0 Å². The van der Waals surface area contributed by atoms with Crippen molar-refractivity contribution < 1.29 is 0 Å². The molecule has 2 nitrogen and oxygen atoms in total. The fourth-order valence-electron chi connectivity index (χ4n) is 10.2. The van der Waals surface area contributed by atoms with Crippen molar-refractivity contribution in [2.45, 2.75) is 44.9 Å². The Balaban J connectivity index is 0.938. The minimum absolute atomic E-state index is 0.103. The van der Waals surface area contributed by atoms with E-state index in [2.05, 4.69) is 198 Å². The predicted molar refractivity (Wildman–Crippen MR) is 250 cm³/mol. The minimum Gasteiger partial charge on any atom is -0.228 e. The number of rotatable bonds is 6. The number of aromatic nitrogens is 2. The van der Waals surface area contributed by atoms with Crippen LogP contribution in [-0.2, 0) is 10.8 Å². The molecule has 1 unspecified atom stereocenters. The highest BCUT2D eigenvalue weighted by Crippen LogP contribution is 2.58. The Bertz CT molecular complexity index is 3040. The van der Waals surface area contributed by atoms with Gasteiger partial charge in [0.25, 0.3) is 0 Å². The maximum Gasteiger partial charge on any atom is 0.160 e. The van der Waals surface area contributed by atoms with Crippen LogP contribution in [0.5, 0.6) is 0 Å². The second-order valence-corrected chi connectivity index (χ2v) is 17.8. The highest BCUT2D eigenvalue weighted by molar-refractivity contribution is 5.90. The van der Waals surface area contributed by atoms with E-state index in [9.17, 15) is 0 Å². The van der Waals surface area contributed by atoms with Crippen LogP contribution in [-0.4, -0.2) is 9.97 Å². The third-order valence-electron chi connectivity index (χ3n) is 13.6. The number of benzene rings is 7. The molecule has 0 amide bonds. The van der Waals surface area contributed by atoms with Gasteiger partial charge in [0, 0.05) is 22.1 Å². The van der Waals surface area contributed by atoms with Crippen molar-refractivity contribution in [3.8, 4) is 78.4 Å². The second-order valence-electron chi connectivity index (χ2n) is 17.8. The van der Waals surface area contributed by atoms with Crippen molar-refractivity contribution in [2.24, 2.45) is 5.92 Å². The summed E-state index contributed by atoms with van der Waals surface area (Å²) in [6, 6.07) is 61.6. The lowest BCUT2D eigenvalue weighted by Crippen LogP contribution is -2.23. The standard InChI is InChI=1S/C58H46N2/c1-57(2)50-24-12-11-23-46(50)48-34-53-49(35-52(48)57)47-30-29-44(33-51(47)58(53,3)4)42-20-13-19-41(31-42)43-21-14-22-45(32-43)55-36-54(59-56(60-55)40-17-9-6-10-18-40)39-27-25-38(26-28-39)37-15-7-5-8-16-37/h5-23,25-36,50H,24H2,1-4H3. The van der Waals surface area contributed by atoms with Crippen LogP contribution in [0, 0.1) is 5.92 Å². The number of fused-ring (bicyclic) bond motifs is 6. The topological polar surface area (TPSA) is 25.8 Å². The fraction of sp³-hybridized carbons (Fsp3) is 0.138. The van der Waals surface area contributed by atoms with Crippen molar-refractivity contribution in [2.75, 3.05) is 0 Å². The Hall–Kier alpha value is -6.90. The summed E-state index contributed by atoms with van der Waals surface area (Å²) in [7, 11) is 0. The quantitative estimate of drug-likeness (QED) is 0.168. The van der Waals surface area contributed by atoms with E-state index in [0.29, 0.717) is 11.7 Å². The van der Waals surface area contributed by atoms with Crippen LogP contribution in [0.25, 0.3) is 84.0 Å². The normalized spacial score (nSPS) is 16.4. The summed E-state index contributed by atoms with van der Waals surface area (Å²) < 4.78 is 0. The van der Waals surface area contributed by atoms with Gasteiger partial charge in [0.15, 0.2) is 5.82 Å². The smallest absolute Gasteiger partial charge is 0.160 e. The average Bonchev–Trinajstić information content (AvgIpc) is 3.67. The first-order valence-corrected chi connectivity index (χ1v) is 21.2. The molecule has 0 N–H and O–H groups in total. The first kappa shape index (κ1) is 36.2. The minimum atomic E-state index is -0.103. The molecule has 1 atom stereocenters. The molecule has 0 fully saturated rings. The van der Waals surface area contributed by atoms with E-state index in [4.69, 9.17) is 9.97 Å². The van der Waals surface area contributed by atoms with Crippen LogP contribution in [0.1, 0.15) is 56.4 Å². The van der Waals surface area contributed by atoms with Crippen LogP contribution in [0.4, 0.5) is 0 Å². The average molecular weight is 771 g/mol. The Morgan fingerprint density at radius 3 is 1.63 bits per heavy atom. The molecule has 8 aromatic rings. The molecule has 0 radical (unpaired) electrons. The number of allylic oxidation sites excluding steroid dienone is 4. The first-order valence-electron chi connectivity index (χ1n) is 21.2.